The van der Waals surface area contributed by atoms with Crippen LogP contribution in [0.15, 0.2) is 29.3 Å². The molecule has 2 N–H and O–H groups in total. The number of rotatable bonds is 4. The minimum Gasteiger partial charge on any atom is -0.372 e. The molecule has 0 radical (unpaired) electrons. The molecule has 1 aromatic carbocycles. The first-order valence-electron chi connectivity index (χ1n) is 10.6. The number of amides is 1. The zero-order valence-electron chi connectivity index (χ0n) is 17.8. The fraction of sp³-hybridized carbons (Fsp3) is 0.636. The monoisotopic (exact) mass is 514 g/mol. The van der Waals surface area contributed by atoms with Crippen LogP contribution >= 0.6 is 24.0 Å². The summed E-state index contributed by atoms with van der Waals surface area (Å²) >= 11 is 0. The van der Waals surface area contributed by atoms with E-state index >= 15 is 0 Å². The number of nitrogens with zero attached hydrogens (tertiary/aromatic N) is 2. The number of halogens is 1. The van der Waals surface area contributed by atoms with E-state index in [0.29, 0.717) is 25.7 Å². The molecule has 1 aromatic rings. The fourth-order valence-corrected chi connectivity index (χ4v) is 4.11. The second kappa shape index (κ2) is 11.7. The maximum absolute atomic E-state index is 12.8. The number of aliphatic imine (C=N–C) groups is 1. The molecule has 2 aliphatic rings. The maximum Gasteiger partial charge on any atom is 0.254 e. The highest BCUT2D eigenvalue weighted by molar-refractivity contribution is 14.0. The molecule has 0 bridgehead atoms. The molecule has 6 nitrogen and oxygen atoms in total. The number of hydrogen-bond donors (Lipinski definition) is 2. The number of hydrogen-bond acceptors (Lipinski definition) is 3. The average Bonchev–Trinajstić information content (AvgIpc) is 2.71. The molecule has 1 saturated carbocycles. The Hall–Kier alpha value is -1.35. The molecule has 2 atom stereocenters. The van der Waals surface area contributed by atoms with Crippen LogP contribution in [-0.4, -0.2) is 55.2 Å². The summed E-state index contributed by atoms with van der Waals surface area (Å²) in [5, 5.41) is 6.91. The quantitative estimate of drug-likeness (QED) is 0.367. The van der Waals surface area contributed by atoms with Crippen molar-refractivity contribution in [2.45, 2.75) is 70.7 Å². The van der Waals surface area contributed by atoms with Gasteiger partial charge in [-0.25, -0.2) is 0 Å². The van der Waals surface area contributed by atoms with Crippen LogP contribution < -0.4 is 10.6 Å². The number of ether oxygens (including phenoxy) is 1. The van der Waals surface area contributed by atoms with Crippen molar-refractivity contribution in [1.82, 2.24) is 15.5 Å². The van der Waals surface area contributed by atoms with Gasteiger partial charge in [0.25, 0.3) is 5.91 Å². The first kappa shape index (κ1) is 23.9. The molecule has 162 valence electrons. The van der Waals surface area contributed by atoms with E-state index in [1.165, 1.54) is 32.1 Å². The van der Waals surface area contributed by atoms with Gasteiger partial charge in [0.1, 0.15) is 0 Å². The Kier molecular flexibility index (Phi) is 9.68. The van der Waals surface area contributed by atoms with Gasteiger partial charge in [0, 0.05) is 38.3 Å². The Bertz CT molecular complexity index is 664. The summed E-state index contributed by atoms with van der Waals surface area (Å²) in [6, 6.07) is 8.39. The number of nitrogens with one attached hydrogen (secondary N) is 2. The van der Waals surface area contributed by atoms with Crippen LogP contribution in [0.2, 0.25) is 0 Å². The molecule has 2 fully saturated rings. The molecule has 2 unspecified atom stereocenters. The summed E-state index contributed by atoms with van der Waals surface area (Å²) in [6.07, 6.45) is 6.54. The van der Waals surface area contributed by atoms with Crippen LogP contribution in [-0.2, 0) is 11.3 Å². The predicted octanol–water partition coefficient (Wildman–Crippen LogP) is 3.55. The zero-order chi connectivity index (χ0) is 19.9. The third-order valence-electron chi connectivity index (χ3n) is 5.54. The highest BCUT2D eigenvalue weighted by Gasteiger charge is 2.26. The van der Waals surface area contributed by atoms with Crippen molar-refractivity contribution in [2.75, 3.05) is 20.1 Å². The van der Waals surface area contributed by atoms with Crippen LogP contribution in [0.4, 0.5) is 0 Å². The van der Waals surface area contributed by atoms with Gasteiger partial charge in [0.05, 0.1) is 12.2 Å². The third-order valence-corrected chi connectivity index (χ3v) is 5.54. The topological polar surface area (TPSA) is 66.0 Å². The van der Waals surface area contributed by atoms with Gasteiger partial charge in [-0.3, -0.25) is 9.79 Å². The summed E-state index contributed by atoms with van der Waals surface area (Å²) in [5.74, 6) is 0.930. The molecule has 29 heavy (non-hydrogen) atoms. The molecular weight excluding hydrogens is 479 g/mol. The fourth-order valence-electron chi connectivity index (χ4n) is 4.11. The molecule has 1 saturated heterocycles. The second-order valence-electron chi connectivity index (χ2n) is 8.07. The summed E-state index contributed by atoms with van der Waals surface area (Å²) in [4.78, 5) is 19.0. The number of carbonyl (C=O) groups excluding carboxylic acids is 1. The van der Waals surface area contributed by atoms with Crippen LogP contribution in [0, 0.1) is 0 Å². The first-order chi connectivity index (χ1) is 13.5. The van der Waals surface area contributed by atoms with E-state index in [0.717, 1.165) is 17.1 Å². The number of carbonyl (C=O) groups is 1. The van der Waals surface area contributed by atoms with Gasteiger partial charge in [-0.05, 0) is 44.4 Å². The van der Waals surface area contributed by atoms with Gasteiger partial charge < -0.3 is 20.3 Å². The maximum atomic E-state index is 12.8. The smallest absolute Gasteiger partial charge is 0.254 e. The Morgan fingerprint density at radius 2 is 1.72 bits per heavy atom. The largest absolute Gasteiger partial charge is 0.372 e. The van der Waals surface area contributed by atoms with Crippen LogP contribution in [0.5, 0.6) is 0 Å². The number of benzene rings is 1. The normalized spacial score (nSPS) is 23.3. The van der Waals surface area contributed by atoms with Crippen LogP contribution in [0.3, 0.4) is 0 Å². The van der Waals surface area contributed by atoms with Gasteiger partial charge in [-0.15, -0.1) is 24.0 Å². The lowest BCUT2D eigenvalue weighted by molar-refractivity contribution is -0.0586. The van der Waals surface area contributed by atoms with Gasteiger partial charge >= 0.3 is 0 Å². The molecule has 1 aliphatic carbocycles. The molecule has 0 aromatic heterocycles. The molecule has 7 heteroatoms. The Balaban J connectivity index is 0.00000300. The van der Waals surface area contributed by atoms with Crippen molar-refractivity contribution < 1.29 is 9.53 Å². The van der Waals surface area contributed by atoms with E-state index in [2.05, 4.69) is 15.6 Å². The van der Waals surface area contributed by atoms with Gasteiger partial charge in [0.15, 0.2) is 5.96 Å². The lowest BCUT2D eigenvalue weighted by Gasteiger charge is -2.35. The van der Waals surface area contributed by atoms with E-state index in [-0.39, 0.29) is 42.1 Å². The predicted molar refractivity (Wildman–Crippen MR) is 128 cm³/mol. The SMILES string of the molecule is CN=C(NCc1ccc(C(=O)N2CC(C)OC(C)C2)cc1)NC1CCCCC1.I. The summed E-state index contributed by atoms with van der Waals surface area (Å²) in [6.45, 7) is 6.01. The standard InChI is InChI=1S/C22H34N4O2.HI/c1-16-14-26(15-17(2)28-16)21(27)19-11-9-18(10-12-19)13-24-22(23-3)25-20-7-5-4-6-8-20;/h9-12,16-17,20H,4-8,13-15H2,1-3H3,(H2,23,24,25);1H. The van der Waals surface area contributed by atoms with Crippen molar-refractivity contribution in [1.29, 1.82) is 0 Å². The van der Waals surface area contributed by atoms with E-state index in [9.17, 15) is 4.79 Å². The average molecular weight is 514 g/mol. The number of guanidine groups is 1. The molecule has 3 rings (SSSR count). The molecular formula is C22H35IN4O2. The van der Waals surface area contributed by atoms with Gasteiger partial charge in [-0.2, -0.15) is 0 Å². The second-order valence-corrected chi connectivity index (χ2v) is 8.07. The summed E-state index contributed by atoms with van der Waals surface area (Å²) in [5.41, 5.74) is 1.86. The molecule has 0 spiro atoms. The third kappa shape index (κ3) is 7.13. The van der Waals surface area contributed by atoms with Crippen LogP contribution in [0.1, 0.15) is 61.9 Å². The van der Waals surface area contributed by atoms with Crippen molar-refractivity contribution >= 4 is 35.8 Å². The highest BCUT2D eigenvalue weighted by atomic mass is 127. The van der Waals surface area contributed by atoms with Crippen LogP contribution in [0.25, 0.3) is 0 Å². The van der Waals surface area contributed by atoms with E-state index in [1.807, 2.05) is 50.1 Å². The van der Waals surface area contributed by atoms with Crippen molar-refractivity contribution in [3.63, 3.8) is 0 Å². The lowest BCUT2D eigenvalue weighted by atomic mass is 9.96. The summed E-state index contributed by atoms with van der Waals surface area (Å²) < 4.78 is 5.72. The Labute approximate surface area is 191 Å². The van der Waals surface area contributed by atoms with Crippen molar-refractivity contribution in [3.05, 3.63) is 35.4 Å². The van der Waals surface area contributed by atoms with E-state index in [4.69, 9.17) is 4.74 Å². The number of morpholine rings is 1. The zero-order valence-corrected chi connectivity index (χ0v) is 20.1. The first-order valence-corrected chi connectivity index (χ1v) is 10.6. The van der Waals surface area contributed by atoms with E-state index in [1.54, 1.807) is 0 Å². The lowest BCUT2D eigenvalue weighted by Crippen LogP contribution is -2.48. The van der Waals surface area contributed by atoms with Gasteiger partial charge in [0.2, 0.25) is 0 Å². The Morgan fingerprint density at radius 1 is 1.10 bits per heavy atom. The molecule has 1 aliphatic heterocycles. The molecule has 1 heterocycles. The minimum absolute atomic E-state index is 0. The van der Waals surface area contributed by atoms with Gasteiger partial charge in [-0.1, -0.05) is 31.4 Å². The van der Waals surface area contributed by atoms with Crippen molar-refractivity contribution in [2.24, 2.45) is 4.99 Å². The highest BCUT2D eigenvalue weighted by Crippen LogP contribution is 2.17. The minimum atomic E-state index is 0. The van der Waals surface area contributed by atoms with Crippen molar-refractivity contribution in [3.8, 4) is 0 Å². The Morgan fingerprint density at radius 3 is 2.31 bits per heavy atom. The van der Waals surface area contributed by atoms with E-state index < -0.39 is 0 Å². The molecule has 1 amide bonds. The summed E-state index contributed by atoms with van der Waals surface area (Å²) in [7, 11) is 1.81.